The Morgan fingerprint density at radius 1 is 1.28 bits per heavy atom. The van der Waals surface area contributed by atoms with Crippen LogP contribution < -0.4 is 10.5 Å². The Morgan fingerprint density at radius 3 is 2.68 bits per heavy atom. The van der Waals surface area contributed by atoms with Gasteiger partial charge in [0.25, 0.3) is 0 Å². The van der Waals surface area contributed by atoms with E-state index in [1.807, 2.05) is 38.3 Å². The quantitative estimate of drug-likeness (QED) is 0.749. The van der Waals surface area contributed by atoms with Gasteiger partial charge in [0.05, 0.1) is 16.8 Å². The summed E-state index contributed by atoms with van der Waals surface area (Å²) in [7, 11) is 0. The molecule has 5 nitrogen and oxygen atoms in total. The average molecular weight is 363 g/mol. The third kappa shape index (κ3) is 3.14. The zero-order valence-electron chi connectivity index (χ0n) is 14.5. The van der Waals surface area contributed by atoms with Crippen LogP contribution in [-0.2, 0) is 0 Å². The summed E-state index contributed by atoms with van der Waals surface area (Å²) in [6.45, 7) is 7.64. The first-order valence-corrected chi connectivity index (χ1v) is 8.42. The number of aromatic nitrogens is 3. The van der Waals surface area contributed by atoms with E-state index in [1.165, 1.54) is 6.07 Å². The number of imidazole rings is 1. The fourth-order valence-corrected chi connectivity index (χ4v) is 3.12. The Kier molecular flexibility index (Phi) is 4.56. The summed E-state index contributed by atoms with van der Waals surface area (Å²) in [4.78, 5) is 8.77. The smallest absolute Gasteiger partial charge is 0.149 e. The number of ether oxygens (including phenoxy) is 1. The SMILES string of the molecule is Cc1nc(C(C)c2cc(Cl)c(F)cc2OC(C)C)n2ccnc(N)c12. The van der Waals surface area contributed by atoms with Crippen LogP contribution in [0.25, 0.3) is 5.52 Å². The number of fused-ring (bicyclic) bond motifs is 1. The third-order valence-electron chi connectivity index (χ3n) is 4.05. The molecule has 3 rings (SSSR count). The minimum atomic E-state index is -0.508. The number of rotatable bonds is 4. The molecule has 0 spiro atoms. The minimum Gasteiger partial charge on any atom is -0.491 e. The van der Waals surface area contributed by atoms with E-state index in [4.69, 9.17) is 22.1 Å². The zero-order valence-corrected chi connectivity index (χ0v) is 15.3. The number of aryl methyl sites for hydroxylation is 1. The van der Waals surface area contributed by atoms with Gasteiger partial charge in [-0.05, 0) is 26.8 Å². The monoisotopic (exact) mass is 362 g/mol. The molecule has 2 N–H and O–H groups in total. The van der Waals surface area contributed by atoms with Crippen molar-refractivity contribution in [2.75, 3.05) is 5.73 Å². The predicted molar refractivity (Wildman–Crippen MR) is 96.8 cm³/mol. The molecule has 0 amide bonds. The number of nitrogen functional groups attached to an aromatic ring is 1. The van der Waals surface area contributed by atoms with Crippen molar-refractivity contribution in [2.45, 2.75) is 39.7 Å². The minimum absolute atomic E-state index is 0.0525. The number of halogens is 2. The lowest BCUT2D eigenvalue weighted by atomic mass is 9.99. The largest absolute Gasteiger partial charge is 0.491 e. The van der Waals surface area contributed by atoms with E-state index in [-0.39, 0.29) is 17.0 Å². The summed E-state index contributed by atoms with van der Waals surface area (Å²) in [5.41, 5.74) is 8.30. The van der Waals surface area contributed by atoms with Crippen molar-refractivity contribution >= 4 is 22.9 Å². The summed E-state index contributed by atoms with van der Waals surface area (Å²) in [6, 6.07) is 2.92. The molecule has 25 heavy (non-hydrogen) atoms. The number of hydrogen-bond donors (Lipinski definition) is 1. The highest BCUT2D eigenvalue weighted by Crippen LogP contribution is 2.36. The standard InChI is InChI=1S/C18H20ClFN4O/c1-9(2)25-15-8-14(20)13(19)7-12(15)10(3)18-23-11(4)16-17(21)22-5-6-24(16)18/h5-10H,1-4H3,(H2,21,22). The first-order valence-electron chi connectivity index (χ1n) is 8.04. The van der Waals surface area contributed by atoms with Crippen LogP contribution in [0.4, 0.5) is 10.2 Å². The number of nitrogens with zero attached hydrogens (tertiary/aromatic N) is 3. The molecule has 1 atom stereocenters. The van der Waals surface area contributed by atoms with Gasteiger partial charge in [-0.1, -0.05) is 18.5 Å². The molecular weight excluding hydrogens is 343 g/mol. The topological polar surface area (TPSA) is 65.4 Å². The molecule has 2 heterocycles. The first kappa shape index (κ1) is 17.5. The van der Waals surface area contributed by atoms with Crippen LogP contribution in [0.3, 0.4) is 0 Å². The molecule has 1 unspecified atom stereocenters. The van der Waals surface area contributed by atoms with Crippen molar-refractivity contribution in [3.63, 3.8) is 0 Å². The summed E-state index contributed by atoms with van der Waals surface area (Å²) < 4.78 is 21.6. The normalized spacial score (nSPS) is 12.8. The second-order valence-electron chi connectivity index (χ2n) is 6.28. The van der Waals surface area contributed by atoms with Crippen LogP contribution in [0.15, 0.2) is 24.5 Å². The number of anilines is 1. The summed E-state index contributed by atoms with van der Waals surface area (Å²) in [6.07, 6.45) is 3.35. The molecule has 0 bridgehead atoms. The lowest BCUT2D eigenvalue weighted by Crippen LogP contribution is -2.11. The van der Waals surface area contributed by atoms with Crippen molar-refractivity contribution < 1.29 is 9.13 Å². The molecule has 3 aromatic rings. The molecule has 0 fully saturated rings. The first-order chi connectivity index (χ1) is 11.8. The van der Waals surface area contributed by atoms with Gasteiger partial charge in [-0.15, -0.1) is 0 Å². The van der Waals surface area contributed by atoms with Gasteiger partial charge in [-0.2, -0.15) is 0 Å². The van der Waals surface area contributed by atoms with Gasteiger partial charge >= 0.3 is 0 Å². The Bertz CT molecular complexity index is 938. The summed E-state index contributed by atoms with van der Waals surface area (Å²) in [5.74, 6) is 0.946. The van der Waals surface area contributed by atoms with Crippen molar-refractivity contribution in [1.82, 2.24) is 14.4 Å². The molecule has 132 valence electrons. The van der Waals surface area contributed by atoms with Gasteiger partial charge in [0.15, 0.2) is 0 Å². The van der Waals surface area contributed by atoms with Gasteiger partial charge in [0.1, 0.15) is 28.7 Å². The fourth-order valence-electron chi connectivity index (χ4n) is 2.95. The van der Waals surface area contributed by atoms with E-state index in [0.29, 0.717) is 11.6 Å². The predicted octanol–water partition coefficient (Wildman–Crippen LogP) is 4.35. The Hall–Kier alpha value is -2.34. The lowest BCUT2D eigenvalue weighted by Gasteiger charge is -2.19. The van der Waals surface area contributed by atoms with E-state index >= 15 is 0 Å². The molecule has 7 heteroatoms. The van der Waals surface area contributed by atoms with Crippen LogP contribution in [0.5, 0.6) is 5.75 Å². The van der Waals surface area contributed by atoms with E-state index in [2.05, 4.69) is 9.97 Å². The maximum Gasteiger partial charge on any atom is 0.149 e. The van der Waals surface area contributed by atoms with Crippen LogP contribution in [0, 0.1) is 12.7 Å². The molecule has 0 aliphatic rings. The highest BCUT2D eigenvalue weighted by Gasteiger charge is 2.23. The van der Waals surface area contributed by atoms with Crippen LogP contribution >= 0.6 is 11.6 Å². The van der Waals surface area contributed by atoms with Gasteiger partial charge in [-0.3, -0.25) is 4.40 Å². The van der Waals surface area contributed by atoms with Crippen molar-refractivity contribution in [3.8, 4) is 5.75 Å². The number of hydrogen-bond acceptors (Lipinski definition) is 4. The molecule has 0 aliphatic carbocycles. The third-order valence-corrected chi connectivity index (χ3v) is 4.34. The van der Waals surface area contributed by atoms with Gasteiger partial charge < -0.3 is 10.5 Å². The van der Waals surface area contributed by atoms with Crippen LogP contribution in [-0.4, -0.2) is 20.5 Å². The van der Waals surface area contributed by atoms with Crippen LogP contribution in [0.1, 0.15) is 43.8 Å². The maximum absolute atomic E-state index is 13.9. The molecule has 0 radical (unpaired) electrons. The Labute approximate surface area is 150 Å². The van der Waals surface area contributed by atoms with E-state index in [1.54, 1.807) is 12.3 Å². The summed E-state index contributed by atoms with van der Waals surface area (Å²) in [5, 5.41) is 0.0525. The van der Waals surface area contributed by atoms with Gasteiger partial charge in [-0.25, -0.2) is 14.4 Å². The lowest BCUT2D eigenvalue weighted by molar-refractivity contribution is 0.238. The van der Waals surface area contributed by atoms with Crippen molar-refractivity contribution in [1.29, 1.82) is 0 Å². The van der Waals surface area contributed by atoms with Gasteiger partial charge in [0.2, 0.25) is 0 Å². The maximum atomic E-state index is 13.9. The van der Waals surface area contributed by atoms with E-state index < -0.39 is 5.82 Å². The Morgan fingerprint density at radius 2 is 2.00 bits per heavy atom. The average Bonchev–Trinajstić information content (AvgIpc) is 2.88. The molecule has 2 aromatic heterocycles. The Balaban J connectivity index is 2.17. The van der Waals surface area contributed by atoms with E-state index in [0.717, 1.165) is 22.6 Å². The van der Waals surface area contributed by atoms with Crippen molar-refractivity contribution in [3.05, 3.63) is 52.4 Å². The molecular formula is C18H20ClFN4O. The highest BCUT2D eigenvalue weighted by atomic mass is 35.5. The molecule has 1 aromatic carbocycles. The van der Waals surface area contributed by atoms with Crippen LogP contribution in [0.2, 0.25) is 5.02 Å². The second-order valence-corrected chi connectivity index (χ2v) is 6.69. The summed E-state index contributed by atoms with van der Waals surface area (Å²) >= 11 is 6.01. The van der Waals surface area contributed by atoms with E-state index in [9.17, 15) is 4.39 Å². The highest BCUT2D eigenvalue weighted by molar-refractivity contribution is 6.30. The van der Waals surface area contributed by atoms with Crippen molar-refractivity contribution in [2.24, 2.45) is 0 Å². The van der Waals surface area contributed by atoms with Gasteiger partial charge in [0, 0.05) is 29.9 Å². The molecule has 0 saturated heterocycles. The number of benzene rings is 1. The molecule has 0 aliphatic heterocycles. The fraction of sp³-hybridized carbons (Fsp3) is 0.333. The zero-order chi connectivity index (χ0) is 18.3. The second kappa shape index (κ2) is 6.52. The molecule has 0 saturated carbocycles. The number of nitrogens with two attached hydrogens (primary N) is 1.